The van der Waals surface area contributed by atoms with Gasteiger partial charge >= 0.3 is 0 Å². The molecule has 94 valence electrons. The van der Waals surface area contributed by atoms with E-state index in [-0.39, 0.29) is 18.0 Å². The van der Waals surface area contributed by atoms with E-state index in [1.807, 2.05) is 6.92 Å². The molecule has 3 atom stereocenters. The molecule has 1 aliphatic rings. The number of aliphatic hydroxyl groups is 1. The van der Waals surface area contributed by atoms with Crippen LogP contribution in [-0.4, -0.2) is 23.4 Å². The van der Waals surface area contributed by atoms with Gasteiger partial charge in [-0.25, -0.2) is 4.39 Å². The fourth-order valence-electron chi connectivity index (χ4n) is 2.17. The van der Waals surface area contributed by atoms with Crippen molar-refractivity contribution in [2.75, 3.05) is 0 Å². The Morgan fingerprint density at radius 1 is 1.53 bits per heavy atom. The highest BCUT2D eigenvalue weighted by Gasteiger charge is 2.28. The first-order valence-electron chi connectivity index (χ1n) is 5.83. The van der Waals surface area contributed by atoms with Crippen molar-refractivity contribution in [3.05, 3.63) is 34.1 Å². The van der Waals surface area contributed by atoms with Crippen LogP contribution in [0.25, 0.3) is 0 Å². The SMILES string of the molecule is CC1CCC(C(O)Cc2cc(F)ccc2Br)O1. The average Bonchev–Trinajstić information content (AvgIpc) is 2.70. The van der Waals surface area contributed by atoms with Crippen LogP contribution < -0.4 is 0 Å². The lowest BCUT2D eigenvalue weighted by molar-refractivity contribution is -0.0279. The van der Waals surface area contributed by atoms with Crippen LogP contribution in [0.4, 0.5) is 4.39 Å². The zero-order valence-corrected chi connectivity index (χ0v) is 11.3. The van der Waals surface area contributed by atoms with Crippen LogP contribution >= 0.6 is 15.9 Å². The summed E-state index contributed by atoms with van der Waals surface area (Å²) in [6.07, 6.45) is 1.78. The Morgan fingerprint density at radius 3 is 2.94 bits per heavy atom. The summed E-state index contributed by atoms with van der Waals surface area (Å²) >= 11 is 3.36. The summed E-state index contributed by atoms with van der Waals surface area (Å²) in [7, 11) is 0. The fraction of sp³-hybridized carbons (Fsp3) is 0.538. The van der Waals surface area contributed by atoms with E-state index in [1.165, 1.54) is 12.1 Å². The lowest BCUT2D eigenvalue weighted by Gasteiger charge is -2.19. The maximum absolute atomic E-state index is 13.1. The van der Waals surface area contributed by atoms with Gasteiger partial charge in [0.1, 0.15) is 5.82 Å². The molecule has 4 heteroatoms. The number of halogens is 2. The molecule has 0 bridgehead atoms. The Balaban J connectivity index is 2.02. The molecule has 1 aliphatic heterocycles. The van der Waals surface area contributed by atoms with Gasteiger partial charge in [-0.05, 0) is 43.5 Å². The number of rotatable bonds is 3. The molecule has 1 heterocycles. The number of benzene rings is 1. The smallest absolute Gasteiger partial charge is 0.123 e. The molecule has 1 fully saturated rings. The highest BCUT2D eigenvalue weighted by atomic mass is 79.9. The molecule has 1 aromatic rings. The summed E-state index contributed by atoms with van der Waals surface area (Å²) in [5.74, 6) is -0.281. The molecule has 1 aromatic carbocycles. The molecule has 0 amide bonds. The first-order chi connectivity index (χ1) is 8.06. The molecule has 0 spiro atoms. The predicted octanol–water partition coefficient (Wildman–Crippen LogP) is 3.06. The largest absolute Gasteiger partial charge is 0.390 e. The van der Waals surface area contributed by atoms with Crippen LogP contribution in [0.1, 0.15) is 25.3 Å². The summed E-state index contributed by atoms with van der Waals surface area (Å²) in [6, 6.07) is 4.51. The minimum atomic E-state index is -0.571. The minimum absolute atomic E-state index is 0.125. The molecule has 0 aliphatic carbocycles. The third-order valence-electron chi connectivity index (χ3n) is 3.13. The van der Waals surface area contributed by atoms with Crippen LogP contribution in [0.3, 0.4) is 0 Å². The van der Waals surface area contributed by atoms with E-state index in [0.717, 1.165) is 22.9 Å². The average molecular weight is 303 g/mol. The summed E-state index contributed by atoms with van der Waals surface area (Å²) in [5, 5.41) is 10.1. The Bertz CT molecular complexity index is 397. The van der Waals surface area contributed by atoms with Crippen molar-refractivity contribution in [2.45, 2.75) is 44.5 Å². The van der Waals surface area contributed by atoms with Gasteiger partial charge in [-0.1, -0.05) is 15.9 Å². The predicted molar refractivity (Wildman–Crippen MR) is 67.4 cm³/mol. The van der Waals surface area contributed by atoms with E-state index in [1.54, 1.807) is 6.07 Å². The topological polar surface area (TPSA) is 29.5 Å². The molecule has 2 nitrogen and oxygen atoms in total. The molecule has 17 heavy (non-hydrogen) atoms. The first-order valence-corrected chi connectivity index (χ1v) is 6.63. The van der Waals surface area contributed by atoms with Gasteiger partial charge in [-0.3, -0.25) is 0 Å². The summed E-state index contributed by atoms with van der Waals surface area (Å²) in [6.45, 7) is 2.00. The normalized spacial score (nSPS) is 26.1. The van der Waals surface area contributed by atoms with E-state index < -0.39 is 6.10 Å². The van der Waals surface area contributed by atoms with E-state index in [0.29, 0.717) is 6.42 Å². The van der Waals surface area contributed by atoms with Gasteiger partial charge in [-0.15, -0.1) is 0 Å². The van der Waals surface area contributed by atoms with Gasteiger partial charge in [0.25, 0.3) is 0 Å². The van der Waals surface area contributed by atoms with Crippen LogP contribution in [0, 0.1) is 5.82 Å². The Hall–Kier alpha value is -0.450. The van der Waals surface area contributed by atoms with Gasteiger partial charge in [0.15, 0.2) is 0 Å². The van der Waals surface area contributed by atoms with Crippen LogP contribution in [0.2, 0.25) is 0 Å². The number of aliphatic hydroxyl groups excluding tert-OH is 1. The molecule has 0 aromatic heterocycles. The molecule has 1 saturated heterocycles. The molecular formula is C13H16BrFO2. The van der Waals surface area contributed by atoms with E-state index in [4.69, 9.17) is 4.74 Å². The lowest BCUT2D eigenvalue weighted by atomic mass is 10.0. The van der Waals surface area contributed by atoms with Crippen molar-refractivity contribution >= 4 is 15.9 Å². The van der Waals surface area contributed by atoms with Gasteiger partial charge in [0.05, 0.1) is 18.3 Å². The maximum atomic E-state index is 13.1. The second-order valence-corrected chi connectivity index (χ2v) is 5.42. The Morgan fingerprint density at radius 2 is 2.29 bits per heavy atom. The Kier molecular flexibility index (Phi) is 4.17. The Labute approximate surface area is 109 Å². The first kappa shape index (κ1) is 13.0. The van der Waals surface area contributed by atoms with Crippen molar-refractivity contribution < 1.29 is 14.2 Å². The molecule has 3 unspecified atom stereocenters. The quantitative estimate of drug-likeness (QED) is 0.930. The summed E-state index contributed by atoms with van der Waals surface area (Å²) in [5.41, 5.74) is 0.778. The third kappa shape index (κ3) is 3.27. The van der Waals surface area contributed by atoms with Crippen molar-refractivity contribution in [1.29, 1.82) is 0 Å². The highest BCUT2D eigenvalue weighted by molar-refractivity contribution is 9.10. The standard InChI is InChI=1S/C13H16BrFO2/c1-8-2-5-13(17-8)12(16)7-9-6-10(15)3-4-11(9)14/h3-4,6,8,12-13,16H,2,5,7H2,1H3. The van der Waals surface area contributed by atoms with Gasteiger partial charge in [-0.2, -0.15) is 0 Å². The molecule has 0 radical (unpaired) electrons. The van der Waals surface area contributed by atoms with Crippen molar-refractivity contribution in [3.8, 4) is 0 Å². The van der Waals surface area contributed by atoms with Gasteiger partial charge in [0, 0.05) is 10.9 Å². The van der Waals surface area contributed by atoms with Gasteiger partial charge in [0.2, 0.25) is 0 Å². The number of hydrogen-bond donors (Lipinski definition) is 1. The molecule has 0 saturated carbocycles. The summed E-state index contributed by atoms with van der Waals surface area (Å²) < 4.78 is 19.5. The molecular weight excluding hydrogens is 287 g/mol. The van der Waals surface area contributed by atoms with Crippen LogP contribution in [0.15, 0.2) is 22.7 Å². The van der Waals surface area contributed by atoms with Gasteiger partial charge < -0.3 is 9.84 Å². The third-order valence-corrected chi connectivity index (χ3v) is 3.90. The number of ether oxygens (including phenoxy) is 1. The second-order valence-electron chi connectivity index (χ2n) is 4.57. The monoisotopic (exact) mass is 302 g/mol. The van der Waals surface area contributed by atoms with E-state index >= 15 is 0 Å². The van der Waals surface area contributed by atoms with Crippen molar-refractivity contribution in [1.82, 2.24) is 0 Å². The minimum Gasteiger partial charge on any atom is -0.390 e. The zero-order valence-electron chi connectivity index (χ0n) is 9.70. The van der Waals surface area contributed by atoms with Crippen LogP contribution in [0.5, 0.6) is 0 Å². The fourth-order valence-corrected chi connectivity index (χ4v) is 2.58. The summed E-state index contributed by atoms with van der Waals surface area (Å²) in [4.78, 5) is 0. The lowest BCUT2D eigenvalue weighted by Crippen LogP contribution is -2.28. The molecule has 1 N–H and O–H groups in total. The highest BCUT2D eigenvalue weighted by Crippen LogP contribution is 2.26. The van der Waals surface area contributed by atoms with Crippen molar-refractivity contribution in [2.24, 2.45) is 0 Å². The van der Waals surface area contributed by atoms with Crippen LogP contribution in [-0.2, 0) is 11.2 Å². The molecule has 2 rings (SSSR count). The van der Waals surface area contributed by atoms with E-state index in [2.05, 4.69) is 15.9 Å². The van der Waals surface area contributed by atoms with Crippen molar-refractivity contribution in [3.63, 3.8) is 0 Å². The second kappa shape index (κ2) is 5.46. The van der Waals surface area contributed by atoms with E-state index in [9.17, 15) is 9.50 Å². The maximum Gasteiger partial charge on any atom is 0.123 e. The zero-order chi connectivity index (χ0) is 12.4. The number of hydrogen-bond acceptors (Lipinski definition) is 2.